The Bertz CT molecular complexity index is 932. The Kier molecular flexibility index (Phi) is 8.18. The maximum atomic E-state index is 12.4. The first-order valence-corrected chi connectivity index (χ1v) is 9.87. The third kappa shape index (κ3) is 5.84. The topological polar surface area (TPSA) is 128 Å². The summed E-state index contributed by atoms with van der Waals surface area (Å²) < 4.78 is 16.3. The number of aliphatic carboxylic acids is 1. The van der Waals surface area contributed by atoms with Crippen molar-refractivity contribution in [3.63, 3.8) is 0 Å². The number of esters is 2. The number of carbonyl (C=O) groups is 4. The van der Waals surface area contributed by atoms with Crippen LogP contribution in [-0.4, -0.2) is 43.1 Å². The molecule has 0 bridgehead atoms. The number of hydrogen-bond donors (Lipinski definition) is 2. The molecular weight excluding hydrogens is 406 g/mol. The highest BCUT2D eigenvalue weighted by molar-refractivity contribution is 5.99. The molecular formula is C22H27NO8. The fraction of sp³-hybridized carbons (Fsp3) is 0.455. The van der Waals surface area contributed by atoms with Gasteiger partial charge in [-0.05, 0) is 32.3 Å². The number of methoxy groups -OCH3 is 1. The van der Waals surface area contributed by atoms with Crippen LogP contribution in [0.4, 0.5) is 0 Å². The molecule has 2 rings (SSSR count). The van der Waals surface area contributed by atoms with Crippen molar-refractivity contribution in [2.45, 2.75) is 52.6 Å². The van der Waals surface area contributed by atoms with Crippen LogP contribution in [0.2, 0.25) is 0 Å². The normalized spacial score (nSPS) is 12.8. The number of carboxylic acids is 1. The van der Waals surface area contributed by atoms with Gasteiger partial charge in [0.25, 0.3) is 0 Å². The van der Waals surface area contributed by atoms with Gasteiger partial charge in [-0.25, -0.2) is 4.79 Å². The molecule has 1 aliphatic heterocycles. The van der Waals surface area contributed by atoms with Crippen LogP contribution in [0.5, 0.6) is 11.5 Å². The molecule has 1 aromatic rings. The van der Waals surface area contributed by atoms with Crippen LogP contribution >= 0.6 is 0 Å². The van der Waals surface area contributed by atoms with E-state index in [-0.39, 0.29) is 49.5 Å². The first-order valence-electron chi connectivity index (χ1n) is 9.87. The summed E-state index contributed by atoms with van der Waals surface area (Å²) in [6.45, 7) is 3.65. The van der Waals surface area contributed by atoms with Gasteiger partial charge in [0.15, 0.2) is 5.75 Å². The number of rotatable bonds is 10. The lowest BCUT2D eigenvalue weighted by molar-refractivity contribution is -0.137. The van der Waals surface area contributed by atoms with Crippen molar-refractivity contribution in [1.29, 1.82) is 0 Å². The Morgan fingerprint density at radius 3 is 2.48 bits per heavy atom. The highest BCUT2D eigenvalue weighted by Gasteiger charge is 2.34. The zero-order chi connectivity index (χ0) is 23.1. The molecule has 0 spiro atoms. The molecule has 0 atom stereocenters. The van der Waals surface area contributed by atoms with Crippen molar-refractivity contribution in [2.75, 3.05) is 14.2 Å². The third-order valence-corrected chi connectivity index (χ3v) is 5.06. The molecule has 0 saturated heterocycles. The molecule has 0 fully saturated rings. The van der Waals surface area contributed by atoms with Gasteiger partial charge >= 0.3 is 17.9 Å². The lowest BCUT2D eigenvalue weighted by atomic mass is 9.94. The van der Waals surface area contributed by atoms with E-state index in [0.29, 0.717) is 28.9 Å². The molecule has 9 heteroatoms. The van der Waals surface area contributed by atoms with Gasteiger partial charge in [-0.1, -0.05) is 11.6 Å². The molecule has 1 amide bonds. The van der Waals surface area contributed by atoms with Gasteiger partial charge in [0.1, 0.15) is 17.9 Å². The average Bonchev–Trinajstić information content (AvgIpc) is 3.12. The molecule has 168 valence electrons. The van der Waals surface area contributed by atoms with E-state index in [1.165, 1.54) is 14.2 Å². The number of ether oxygens (including phenoxy) is 3. The van der Waals surface area contributed by atoms with Crippen molar-refractivity contribution in [2.24, 2.45) is 0 Å². The zero-order valence-electron chi connectivity index (χ0n) is 18.1. The van der Waals surface area contributed by atoms with Gasteiger partial charge < -0.3 is 24.6 Å². The van der Waals surface area contributed by atoms with E-state index >= 15 is 0 Å². The smallest absolute Gasteiger partial charge is 0.342 e. The first kappa shape index (κ1) is 23.9. The monoisotopic (exact) mass is 433 g/mol. The van der Waals surface area contributed by atoms with E-state index in [9.17, 15) is 19.2 Å². The molecule has 1 aliphatic rings. The number of allylic oxidation sites excluding steroid dienone is 2. The van der Waals surface area contributed by atoms with E-state index in [1.54, 1.807) is 13.8 Å². The van der Waals surface area contributed by atoms with E-state index in [4.69, 9.17) is 19.3 Å². The fourth-order valence-electron chi connectivity index (χ4n) is 3.31. The standard InChI is InChI=1S/C22H27NO8/c1-12(6-9-17(25)26)5-7-14-20(29-4)13(2)15-11-30-22(28)19(15)21(14)31-18(27)10-8-16(24)23-3/h5H,6-11H2,1-4H3,(H,23,24)(H,25,26)/b12-5+. The Hall–Kier alpha value is -3.36. The van der Waals surface area contributed by atoms with Gasteiger partial charge in [0.2, 0.25) is 5.91 Å². The van der Waals surface area contributed by atoms with Crippen LogP contribution in [0.3, 0.4) is 0 Å². The van der Waals surface area contributed by atoms with E-state index < -0.39 is 17.9 Å². The number of carbonyl (C=O) groups excluding carboxylic acids is 3. The van der Waals surface area contributed by atoms with Crippen LogP contribution in [0.15, 0.2) is 11.6 Å². The molecule has 0 aliphatic carbocycles. The highest BCUT2D eigenvalue weighted by Crippen LogP contribution is 2.43. The summed E-state index contributed by atoms with van der Waals surface area (Å²) in [4.78, 5) is 47.1. The number of carboxylic acid groups (broad SMARTS) is 1. The number of amides is 1. The molecule has 1 aromatic carbocycles. The summed E-state index contributed by atoms with van der Waals surface area (Å²) in [5.74, 6) is -1.93. The van der Waals surface area contributed by atoms with Crippen molar-refractivity contribution in [1.82, 2.24) is 5.32 Å². The Morgan fingerprint density at radius 2 is 1.87 bits per heavy atom. The van der Waals surface area contributed by atoms with E-state index in [2.05, 4.69) is 5.32 Å². The van der Waals surface area contributed by atoms with Crippen molar-refractivity contribution in [3.05, 3.63) is 33.9 Å². The molecule has 0 radical (unpaired) electrons. The lowest BCUT2D eigenvalue weighted by Crippen LogP contribution is -2.20. The van der Waals surface area contributed by atoms with Gasteiger partial charge in [-0.2, -0.15) is 0 Å². The minimum absolute atomic E-state index is 0.00363. The predicted octanol–water partition coefficient (Wildman–Crippen LogP) is 2.46. The maximum absolute atomic E-state index is 12.4. The summed E-state index contributed by atoms with van der Waals surface area (Å²) >= 11 is 0. The molecule has 2 N–H and O–H groups in total. The summed E-state index contributed by atoms with van der Waals surface area (Å²) in [7, 11) is 2.95. The van der Waals surface area contributed by atoms with E-state index in [0.717, 1.165) is 5.57 Å². The van der Waals surface area contributed by atoms with Gasteiger partial charge in [-0.15, -0.1) is 0 Å². The molecule has 1 heterocycles. The van der Waals surface area contributed by atoms with Gasteiger partial charge in [-0.3, -0.25) is 14.4 Å². The second-order valence-electron chi connectivity index (χ2n) is 7.19. The first-order chi connectivity index (χ1) is 14.7. The molecule has 9 nitrogen and oxygen atoms in total. The van der Waals surface area contributed by atoms with Crippen LogP contribution in [0.1, 0.15) is 59.7 Å². The molecule has 31 heavy (non-hydrogen) atoms. The third-order valence-electron chi connectivity index (χ3n) is 5.06. The van der Waals surface area contributed by atoms with Crippen LogP contribution < -0.4 is 14.8 Å². The molecule has 0 unspecified atom stereocenters. The SMILES string of the molecule is CNC(=O)CCC(=O)Oc1c(C/C=C(\C)CCC(=O)O)c(OC)c(C)c2c1C(=O)OC2. The Labute approximate surface area is 180 Å². The van der Waals surface area contributed by atoms with Crippen LogP contribution in [-0.2, 0) is 32.1 Å². The second kappa shape index (κ2) is 10.6. The minimum Gasteiger partial charge on any atom is -0.496 e. The Balaban J connectivity index is 2.45. The highest BCUT2D eigenvalue weighted by atomic mass is 16.6. The van der Waals surface area contributed by atoms with Crippen LogP contribution in [0.25, 0.3) is 0 Å². The summed E-state index contributed by atoms with van der Waals surface area (Å²) in [6, 6.07) is 0. The van der Waals surface area contributed by atoms with Crippen LogP contribution in [0, 0.1) is 6.92 Å². The fourth-order valence-corrected chi connectivity index (χ4v) is 3.31. The number of fused-ring (bicyclic) bond motifs is 1. The molecule has 0 aromatic heterocycles. The molecule has 0 saturated carbocycles. The quantitative estimate of drug-likeness (QED) is 0.327. The largest absolute Gasteiger partial charge is 0.496 e. The maximum Gasteiger partial charge on any atom is 0.342 e. The number of nitrogens with one attached hydrogen (secondary N) is 1. The van der Waals surface area contributed by atoms with Crippen molar-refractivity contribution >= 4 is 23.8 Å². The predicted molar refractivity (Wildman–Crippen MR) is 110 cm³/mol. The zero-order valence-corrected chi connectivity index (χ0v) is 18.1. The summed E-state index contributed by atoms with van der Waals surface area (Å²) in [5, 5.41) is 11.3. The summed E-state index contributed by atoms with van der Waals surface area (Å²) in [6.07, 6.45) is 2.23. The number of hydrogen-bond acceptors (Lipinski definition) is 7. The van der Waals surface area contributed by atoms with E-state index in [1.807, 2.05) is 6.08 Å². The summed E-state index contributed by atoms with van der Waals surface area (Å²) in [5.41, 5.74) is 2.80. The van der Waals surface area contributed by atoms with Gasteiger partial charge in [0.05, 0.1) is 13.5 Å². The van der Waals surface area contributed by atoms with Gasteiger partial charge in [0, 0.05) is 31.0 Å². The van der Waals surface area contributed by atoms with Crippen molar-refractivity contribution < 1.29 is 38.5 Å². The second-order valence-corrected chi connectivity index (χ2v) is 7.19. The number of benzene rings is 1. The lowest BCUT2D eigenvalue weighted by Gasteiger charge is -2.18. The number of cyclic esters (lactones) is 1. The Morgan fingerprint density at radius 1 is 1.16 bits per heavy atom. The van der Waals surface area contributed by atoms with Crippen molar-refractivity contribution in [3.8, 4) is 11.5 Å². The average molecular weight is 433 g/mol. The minimum atomic E-state index is -0.896.